The van der Waals surface area contributed by atoms with Crippen molar-refractivity contribution in [3.63, 3.8) is 0 Å². The number of fused-ring (bicyclic) bond motifs is 1. The molecular formula is C15H20N4O2. The Bertz CT molecular complexity index is 644. The first-order chi connectivity index (χ1) is 10.2. The summed E-state index contributed by atoms with van der Waals surface area (Å²) in [5, 5.41) is 11.5. The molecule has 1 amide bonds. The minimum absolute atomic E-state index is 0.193. The van der Waals surface area contributed by atoms with Gasteiger partial charge in [0, 0.05) is 18.5 Å². The van der Waals surface area contributed by atoms with E-state index in [1.165, 1.54) is 12.7 Å². The Labute approximate surface area is 123 Å². The number of nitrogens with zero attached hydrogens (tertiary/aromatic N) is 3. The third-order valence-corrected chi connectivity index (χ3v) is 3.94. The topological polar surface area (TPSA) is 73.0 Å². The zero-order valence-electron chi connectivity index (χ0n) is 12.4. The summed E-state index contributed by atoms with van der Waals surface area (Å²) in [5.74, 6) is 2.00. The molecule has 2 aromatic rings. The molecule has 21 heavy (non-hydrogen) atoms. The average molecular weight is 288 g/mol. The van der Waals surface area contributed by atoms with Gasteiger partial charge in [0.2, 0.25) is 0 Å². The average Bonchev–Trinajstić information content (AvgIpc) is 2.99. The molecule has 112 valence electrons. The molecule has 1 unspecified atom stereocenters. The van der Waals surface area contributed by atoms with Gasteiger partial charge in [-0.25, -0.2) is 0 Å². The summed E-state index contributed by atoms with van der Waals surface area (Å²) in [7, 11) is 0. The molecule has 1 aliphatic heterocycles. The summed E-state index contributed by atoms with van der Waals surface area (Å²) in [6.07, 6.45) is 6.00. The lowest BCUT2D eigenvalue weighted by atomic mass is 10.2. The summed E-state index contributed by atoms with van der Waals surface area (Å²) >= 11 is 0. The van der Waals surface area contributed by atoms with Crippen LogP contribution in [0, 0.1) is 6.92 Å². The van der Waals surface area contributed by atoms with Gasteiger partial charge in [0.15, 0.2) is 11.6 Å². The second-order valence-corrected chi connectivity index (χ2v) is 5.56. The van der Waals surface area contributed by atoms with Gasteiger partial charge in [-0.05, 0) is 32.8 Å². The summed E-state index contributed by atoms with van der Waals surface area (Å²) in [4.78, 5) is 12.2. The van der Waals surface area contributed by atoms with Gasteiger partial charge in [0.25, 0.3) is 5.91 Å². The van der Waals surface area contributed by atoms with Gasteiger partial charge in [-0.2, -0.15) is 0 Å². The maximum atomic E-state index is 12.2. The maximum absolute atomic E-state index is 12.2. The third-order valence-electron chi connectivity index (χ3n) is 3.94. The number of rotatable bonds is 3. The van der Waals surface area contributed by atoms with Crippen LogP contribution in [0.25, 0.3) is 0 Å². The normalized spacial score (nSPS) is 16.1. The monoisotopic (exact) mass is 288 g/mol. The largest absolute Gasteiger partial charge is 0.459 e. The number of carbonyl (C=O) groups is 1. The Balaban J connectivity index is 1.77. The van der Waals surface area contributed by atoms with E-state index in [9.17, 15) is 4.79 Å². The summed E-state index contributed by atoms with van der Waals surface area (Å²) in [6.45, 7) is 4.71. The van der Waals surface area contributed by atoms with Gasteiger partial charge in [0.05, 0.1) is 12.3 Å². The number of furan rings is 1. The molecule has 2 aromatic heterocycles. The molecule has 0 saturated heterocycles. The first-order valence-corrected chi connectivity index (χ1v) is 7.43. The van der Waals surface area contributed by atoms with Crippen LogP contribution in [0.1, 0.15) is 60.0 Å². The molecule has 0 aromatic carbocycles. The lowest BCUT2D eigenvalue weighted by Gasteiger charge is -2.14. The molecule has 3 rings (SSSR count). The highest BCUT2D eigenvalue weighted by Crippen LogP contribution is 2.19. The number of carbonyl (C=O) groups excluding carboxylic acids is 1. The van der Waals surface area contributed by atoms with Crippen molar-refractivity contribution in [1.29, 1.82) is 0 Å². The van der Waals surface area contributed by atoms with Crippen molar-refractivity contribution < 1.29 is 9.21 Å². The molecule has 1 N–H and O–H groups in total. The van der Waals surface area contributed by atoms with Crippen LogP contribution in [-0.4, -0.2) is 20.7 Å². The molecule has 1 aliphatic rings. The fourth-order valence-electron chi connectivity index (χ4n) is 2.76. The first-order valence-electron chi connectivity index (χ1n) is 7.43. The standard InChI is InChI=1S/C15H20N4O2/c1-10-7-9-21-13(10)15(20)16-11(2)14-18-17-12-6-4-3-5-8-19(12)14/h7,9,11H,3-6,8H2,1-2H3,(H,16,20). The second-order valence-electron chi connectivity index (χ2n) is 5.56. The number of hydrogen-bond donors (Lipinski definition) is 1. The van der Waals surface area contributed by atoms with E-state index in [1.54, 1.807) is 6.07 Å². The van der Waals surface area contributed by atoms with E-state index in [1.807, 2.05) is 13.8 Å². The van der Waals surface area contributed by atoms with E-state index in [2.05, 4.69) is 20.1 Å². The van der Waals surface area contributed by atoms with E-state index < -0.39 is 0 Å². The molecule has 0 aliphatic carbocycles. The van der Waals surface area contributed by atoms with Crippen LogP contribution in [0.15, 0.2) is 16.7 Å². The van der Waals surface area contributed by atoms with E-state index in [4.69, 9.17) is 4.42 Å². The summed E-state index contributed by atoms with van der Waals surface area (Å²) in [6, 6.07) is 1.59. The Morgan fingerprint density at radius 3 is 3.00 bits per heavy atom. The van der Waals surface area contributed by atoms with E-state index in [0.717, 1.165) is 43.0 Å². The third kappa shape index (κ3) is 2.70. The SMILES string of the molecule is Cc1ccoc1C(=O)NC(C)c1nnc2n1CCCCC2. The molecule has 1 atom stereocenters. The smallest absolute Gasteiger partial charge is 0.287 e. The molecule has 6 nitrogen and oxygen atoms in total. The molecule has 0 bridgehead atoms. The van der Waals surface area contributed by atoms with Crippen LogP contribution in [-0.2, 0) is 13.0 Å². The van der Waals surface area contributed by atoms with Crippen molar-refractivity contribution in [2.75, 3.05) is 0 Å². The highest BCUT2D eigenvalue weighted by molar-refractivity contribution is 5.92. The van der Waals surface area contributed by atoms with Crippen molar-refractivity contribution in [3.8, 4) is 0 Å². The van der Waals surface area contributed by atoms with E-state index >= 15 is 0 Å². The predicted molar refractivity (Wildman–Crippen MR) is 76.9 cm³/mol. The highest BCUT2D eigenvalue weighted by atomic mass is 16.3. The molecule has 6 heteroatoms. The van der Waals surface area contributed by atoms with Gasteiger partial charge in [-0.15, -0.1) is 10.2 Å². The summed E-state index contributed by atoms with van der Waals surface area (Å²) < 4.78 is 7.37. The van der Waals surface area contributed by atoms with Crippen LogP contribution >= 0.6 is 0 Å². The molecule has 0 radical (unpaired) electrons. The van der Waals surface area contributed by atoms with Crippen LogP contribution in [0.4, 0.5) is 0 Å². The number of amides is 1. The van der Waals surface area contributed by atoms with Crippen molar-refractivity contribution >= 4 is 5.91 Å². The molecule has 0 saturated carbocycles. The highest BCUT2D eigenvalue weighted by Gasteiger charge is 2.22. The fourth-order valence-corrected chi connectivity index (χ4v) is 2.76. The maximum Gasteiger partial charge on any atom is 0.287 e. The number of aromatic nitrogens is 3. The van der Waals surface area contributed by atoms with Gasteiger partial charge < -0.3 is 14.3 Å². The zero-order valence-corrected chi connectivity index (χ0v) is 12.4. The fraction of sp³-hybridized carbons (Fsp3) is 0.533. The quantitative estimate of drug-likeness (QED) is 0.941. The van der Waals surface area contributed by atoms with Gasteiger partial charge in [-0.3, -0.25) is 4.79 Å². The van der Waals surface area contributed by atoms with Gasteiger partial charge in [0.1, 0.15) is 5.82 Å². The molecule has 0 spiro atoms. The van der Waals surface area contributed by atoms with Gasteiger partial charge in [-0.1, -0.05) is 6.42 Å². The Morgan fingerprint density at radius 2 is 2.24 bits per heavy atom. The van der Waals surface area contributed by atoms with Crippen molar-refractivity contribution in [3.05, 3.63) is 35.3 Å². The minimum atomic E-state index is -0.212. The zero-order chi connectivity index (χ0) is 14.8. The predicted octanol–water partition coefficient (Wildman–Crippen LogP) is 2.40. The first kappa shape index (κ1) is 13.9. The number of nitrogens with one attached hydrogen (secondary N) is 1. The lowest BCUT2D eigenvalue weighted by molar-refractivity contribution is 0.0908. The molecule has 0 fully saturated rings. The molecular weight excluding hydrogens is 268 g/mol. The van der Waals surface area contributed by atoms with Gasteiger partial charge >= 0.3 is 0 Å². The number of aryl methyl sites for hydroxylation is 2. The summed E-state index contributed by atoms with van der Waals surface area (Å²) in [5.41, 5.74) is 0.833. The second kappa shape index (κ2) is 5.71. The van der Waals surface area contributed by atoms with Crippen molar-refractivity contribution in [2.45, 2.75) is 52.1 Å². The van der Waals surface area contributed by atoms with Crippen LogP contribution < -0.4 is 5.32 Å². The van der Waals surface area contributed by atoms with Crippen LogP contribution in [0.5, 0.6) is 0 Å². The Kier molecular flexibility index (Phi) is 3.77. The van der Waals surface area contributed by atoms with Crippen molar-refractivity contribution in [2.24, 2.45) is 0 Å². The lowest BCUT2D eigenvalue weighted by Crippen LogP contribution is -2.29. The van der Waals surface area contributed by atoms with Crippen LogP contribution in [0.2, 0.25) is 0 Å². The van der Waals surface area contributed by atoms with E-state index in [-0.39, 0.29) is 11.9 Å². The molecule has 3 heterocycles. The Hall–Kier alpha value is -2.11. The van der Waals surface area contributed by atoms with Crippen molar-refractivity contribution in [1.82, 2.24) is 20.1 Å². The van der Waals surface area contributed by atoms with E-state index in [0.29, 0.717) is 5.76 Å². The minimum Gasteiger partial charge on any atom is -0.459 e. The number of hydrogen-bond acceptors (Lipinski definition) is 4. The van der Waals surface area contributed by atoms with Crippen LogP contribution in [0.3, 0.4) is 0 Å². The Morgan fingerprint density at radius 1 is 1.38 bits per heavy atom.